The molecule has 7 heteroatoms. The topological polar surface area (TPSA) is 67.4 Å². The van der Waals surface area contributed by atoms with Crippen LogP contribution in [0.1, 0.15) is 58.9 Å². The first-order valence-electron chi connectivity index (χ1n) is 12.3. The summed E-state index contributed by atoms with van der Waals surface area (Å²) in [6.45, 7) is 15.6. The summed E-state index contributed by atoms with van der Waals surface area (Å²) in [6.07, 6.45) is 4.22. The van der Waals surface area contributed by atoms with Gasteiger partial charge in [0.15, 0.2) is 17.5 Å². The highest BCUT2D eigenvalue weighted by Crippen LogP contribution is 2.41. The van der Waals surface area contributed by atoms with E-state index in [1.165, 1.54) is 12.0 Å². The number of benzene rings is 1. The van der Waals surface area contributed by atoms with Crippen molar-refractivity contribution in [2.75, 3.05) is 52.7 Å². The van der Waals surface area contributed by atoms with Gasteiger partial charge in [-0.25, -0.2) is 0 Å². The minimum atomic E-state index is -0.0480. The van der Waals surface area contributed by atoms with Crippen molar-refractivity contribution >= 4 is 5.96 Å². The zero-order chi connectivity index (χ0) is 22.8. The van der Waals surface area contributed by atoms with Crippen LogP contribution in [-0.2, 0) is 10.2 Å². The lowest BCUT2D eigenvalue weighted by Crippen LogP contribution is -2.44. The zero-order valence-corrected chi connectivity index (χ0v) is 20.4. The SMILES string of the molecule is CCNC(=NCC1(c2ccc3c(c2)OCO3)CCOCC1)NC(C)CCCN(CC)CC. The van der Waals surface area contributed by atoms with Gasteiger partial charge in [0.05, 0.1) is 6.54 Å². The van der Waals surface area contributed by atoms with Crippen LogP contribution in [0.2, 0.25) is 0 Å². The molecule has 0 saturated carbocycles. The molecular formula is C25H42N4O3. The maximum Gasteiger partial charge on any atom is 0.231 e. The molecule has 2 heterocycles. The summed E-state index contributed by atoms with van der Waals surface area (Å²) in [5, 5.41) is 7.06. The molecule has 0 amide bonds. The van der Waals surface area contributed by atoms with Crippen LogP contribution < -0.4 is 20.1 Å². The van der Waals surface area contributed by atoms with E-state index < -0.39 is 0 Å². The Hall–Kier alpha value is -1.99. The number of nitrogens with one attached hydrogen (secondary N) is 2. The van der Waals surface area contributed by atoms with Crippen LogP contribution in [-0.4, -0.2) is 69.6 Å². The van der Waals surface area contributed by atoms with Crippen molar-refractivity contribution in [3.05, 3.63) is 23.8 Å². The second-order valence-electron chi connectivity index (χ2n) is 8.87. The average Bonchev–Trinajstić information content (AvgIpc) is 3.29. The fourth-order valence-electron chi connectivity index (χ4n) is 4.54. The molecule has 3 rings (SSSR count). The number of hydrogen-bond donors (Lipinski definition) is 2. The minimum absolute atomic E-state index is 0.0480. The normalized spacial score (nSPS) is 18.6. The van der Waals surface area contributed by atoms with Gasteiger partial charge in [-0.2, -0.15) is 0 Å². The van der Waals surface area contributed by atoms with E-state index >= 15 is 0 Å². The van der Waals surface area contributed by atoms with Gasteiger partial charge in [0.25, 0.3) is 0 Å². The van der Waals surface area contributed by atoms with Crippen LogP contribution in [0.15, 0.2) is 23.2 Å². The first-order valence-corrected chi connectivity index (χ1v) is 12.3. The molecule has 0 aliphatic carbocycles. The Morgan fingerprint density at radius 2 is 1.88 bits per heavy atom. The van der Waals surface area contributed by atoms with Gasteiger partial charge in [0, 0.05) is 31.2 Å². The van der Waals surface area contributed by atoms with E-state index in [4.69, 9.17) is 19.2 Å². The molecule has 32 heavy (non-hydrogen) atoms. The van der Waals surface area contributed by atoms with Gasteiger partial charge in [0.1, 0.15) is 0 Å². The van der Waals surface area contributed by atoms with Gasteiger partial charge in [-0.1, -0.05) is 19.9 Å². The fraction of sp³-hybridized carbons (Fsp3) is 0.720. The lowest BCUT2D eigenvalue weighted by atomic mass is 9.74. The van der Waals surface area contributed by atoms with Crippen LogP contribution in [0.3, 0.4) is 0 Å². The Kier molecular flexibility index (Phi) is 9.48. The van der Waals surface area contributed by atoms with E-state index in [0.717, 1.165) is 82.7 Å². The summed E-state index contributed by atoms with van der Waals surface area (Å²) in [4.78, 5) is 7.53. The molecule has 180 valence electrons. The second kappa shape index (κ2) is 12.3. The van der Waals surface area contributed by atoms with Gasteiger partial charge in [-0.3, -0.25) is 4.99 Å². The maximum absolute atomic E-state index is 5.70. The highest BCUT2D eigenvalue weighted by atomic mass is 16.7. The van der Waals surface area contributed by atoms with E-state index in [-0.39, 0.29) is 5.41 Å². The van der Waals surface area contributed by atoms with Gasteiger partial charge in [-0.05, 0) is 76.9 Å². The highest BCUT2D eigenvalue weighted by Gasteiger charge is 2.35. The molecule has 0 spiro atoms. The Morgan fingerprint density at radius 3 is 2.59 bits per heavy atom. The van der Waals surface area contributed by atoms with Crippen molar-refractivity contribution in [1.29, 1.82) is 0 Å². The lowest BCUT2D eigenvalue weighted by Gasteiger charge is -2.37. The van der Waals surface area contributed by atoms with Crippen molar-refractivity contribution < 1.29 is 14.2 Å². The summed E-state index contributed by atoms with van der Waals surface area (Å²) in [5.41, 5.74) is 1.21. The molecule has 1 saturated heterocycles. The molecule has 2 N–H and O–H groups in total. The quantitative estimate of drug-likeness (QED) is 0.400. The third kappa shape index (κ3) is 6.51. The molecule has 1 atom stereocenters. The Morgan fingerprint density at radius 1 is 1.12 bits per heavy atom. The zero-order valence-electron chi connectivity index (χ0n) is 20.4. The molecule has 1 fully saturated rings. The highest BCUT2D eigenvalue weighted by molar-refractivity contribution is 5.80. The summed E-state index contributed by atoms with van der Waals surface area (Å²) < 4.78 is 16.9. The van der Waals surface area contributed by atoms with Crippen LogP contribution in [0.4, 0.5) is 0 Å². The van der Waals surface area contributed by atoms with Crippen LogP contribution in [0, 0.1) is 0 Å². The van der Waals surface area contributed by atoms with Gasteiger partial charge in [0.2, 0.25) is 6.79 Å². The molecule has 0 bridgehead atoms. The standard InChI is InChI=1S/C25H42N4O3/c1-5-26-24(28-20(4)9-8-14-29(6-2)7-3)27-18-25(12-15-30-16-13-25)21-10-11-22-23(17-21)32-19-31-22/h10-11,17,20H,5-9,12-16,18-19H2,1-4H3,(H2,26,27,28). The number of hydrogen-bond acceptors (Lipinski definition) is 5. The number of ether oxygens (including phenoxy) is 3. The summed E-state index contributed by atoms with van der Waals surface area (Å²) in [6, 6.07) is 6.71. The largest absolute Gasteiger partial charge is 0.454 e. The molecule has 1 aromatic rings. The number of fused-ring (bicyclic) bond motifs is 1. The predicted octanol–water partition coefficient (Wildman–Crippen LogP) is 3.53. The number of rotatable bonds is 11. The van der Waals surface area contributed by atoms with Gasteiger partial charge >= 0.3 is 0 Å². The van der Waals surface area contributed by atoms with E-state index in [1.807, 2.05) is 6.07 Å². The molecule has 0 radical (unpaired) electrons. The van der Waals surface area contributed by atoms with E-state index in [1.54, 1.807) is 0 Å². The van der Waals surface area contributed by atoms with Crippen LogP contribution in [0.5, 0.6) is 11.5 Å². The number of nitrogens with zero attached hydrogens (tertiary/aromatic N) is 2. The van der Waals surface area contributed by atoms with E-state index in [9.17, 15) is 0 Å². The monoisotopic (exact) mass is 446 g/mol. The van der Waals surface area contributed by atoms with E-state index in [2.05, 4.69) is 55.4 Å². The van der Waals surface area contributed by atoms with Crippen LogP contribution in [0.25, 0.3) is 0 Å². The van der Waals surface area contributed by atoms with Gasteiger partial charge in [-0.15, -0.1) is 0 Å². The number of aliphatic imine (C=N–C) groups is 1. The average molecular weight is 447 g/mol. The first kappa shape index (κ1) is 24.6. The van der Waals surface area contributed by atoms with Crippen LogP contribution >= 0.6 is 0 Å². The molecule has 1 unspecified atom stereocenters. The van der Waals surface area contributed by atoms with Gasteiger partial charge < -0.3 is 29.7 Å². The third-order valence-electron chi connectivity index (χ3n) is 6.71. The minimum Gasteiger partial charge on any atom is -0.454 e. The second-order valence-corrected chi connectivity index (χ2v) is 8.87. The number of guanidine groups is 1. The third-order valence-corrected chi connectivity index (χ3v) is 6.71. The Balaban J connectivity index is 1.66. The smallest absolute Gasteiger partial charge is 0.231 e. The van der Waals surface area contributed by atoms with E-state index in [0.29, 0.717) is 12.8 Å². The fourth-order valence-corrected chi connectivity index (χ4v) is 4.54. The summed E-state index contributed by atoms with van der Waals surface area (Å²) in [5.74, 6) is 2.56. The Bertz CT molecular complexity index is 730. The Labute approximate surface area is 193 Å². The van der Waals surface area contributed by atoms with Crippen molar-refractivity contribution in [2.24, 2.45) is 4.99 Å². The molecule has 7 nitrogen and oxygen atoms in total. The molecular weight excluding hydrogens is 404 g/mol. The van der Waals surface area contributed by atoms with Crippen molar-refractivity contribution in [3.8, 4) is 11.5 Å². The summed E-state index contributed by atoms with van der Waals surface area (Å²) >= 11 is 0. The molecule has 2 aliphatic rings. The predicted molar refractivity (Wildman–Crippen MR) is 130 cm³/mol. The molecule has 0 aromatic heterocycles. The summed E-state index contributed by atoms with van der Waals surface area (Å²) in [7, 11) is 0. The first-order chi connectivity index (χ1) is 15.6. The molecule has 1 aromatic carbocycles. The van der Waals surface area contributed by atoms with Crippen molar-refractivity contribution in [3.63, 3.8) is 0 Å². The van der Waals surface area contributed by atoms with Crippen molar-refractivity contribution in [2.45, 2.75) is 64.8 Å². The molecule has 2 aliphatic heterocycles. The lowest BCUT2D eigenvalue weighted by molar-refractivity contribution is 0.0530. The maximum atomic E-state index is 5.70. The van der Waals surface area contributed by atoms with Crippen molar-refractivity contribution in [1.82, 2.24) is 15.5 Å².